The van der Waals surface area contributed by atoms with Crippen molar-refractivity contribution in [3.8, 4) is 0 Å². The van der Waals surface area contributed by atoms with E-state index >= 15 is 0 Å². The lowest BCUT2D eigenvalue weighted by molar-refractivity contribution is 0.0939. The molecular formula is C20H17ClN2O2S. The van der Waals surface area contributed by atoms with Crippen molar-refractivity contribution < 1.29 is 9.59 Å². The van der Waals surface area contributed by atoms with Crippen LogP contribution in [-0.2, 0) is 0 Å². The van der Waals surface area contributed by atoms with Gasteiger partial charge in [0.05, 0.1) is 10.9 Å². The van der Waals surface area contributed by atoms with Crippen LogP contribution in [0.25, 0.3) is 0 Å². The van der Waals surface area contributed by atoms with Crippen LogP contribution in [0.15, 0.2) is 66.0 Å². The second-order valence-corrected chi connectivity index (χ2v) is 7.14. The third-order valence-electron chi connectivity index (χ3n) is 3.85. The molecule has 1 aromatic heterocycles. The van der Waals surface area contributed by atoms with E-state index < -0.39 is 0 Å². The molecule has 132 valence electrons. The first-order valence-corrected chi connectivity index (χ1v) is 9.30. The molecule has 0 aliphatic carbocycles. The number of rotatable bonds is 5. The zero-order valence-corrected chi connectivity index (χ0v) is 15.6. The van der Waals surface area contributed by atoms with E-state index in [1.165, 1.54) is 11.3 Å². The van der Waals surface area contributed by atoms with E-state index in [9.17, 15) is 9.59 Å². The highest BCUT2D eigenvalue weighted by molar-refractivity contribution is 7.12. The first kappa shape index (κ1) is 18.2. The molecule has 2 aromatic carbocycles. The van der Waals surface area contributed by atoms with E-state index in [-0.39, 0.29) is 17.9 Å². The summed E-state index contributed by atoms with van der Waals surface area (Å²) in [5, 5.41) is 8.23. The van der Waals surface area contributed by atoms with Gasteiger partial charge in [0.2, 0.25) is 0 Å². The van der Waals surface area contributed by atoms with Crippen molar-refractivity contribution in [1.82, 2.24) is 5.32 Å². The first-order chi connectivity index (χ1) is 12.5. The Morgan fingerprint density at radius 2 is 1.77 bits per heavy atom. The van der Waals surface area contributed by atoms with Crippen molar-refractivity contribution in [1.29, 1.82) is 0 Å². The Bertz CT molecular complexity index is 908. The second-order valence-electron chi connectivity index (χ2n) is 5.76. The third-order valence-corrected chi connectivity index (χ3v) is 4.95. The average Bonchev–Trinajstić information content (AvgIpc) is 3.17. The summed E-state index contributed by atoms with van der Waals surface area (Å²) in [6.45, 7) is 1.90. The van der Waals surface area contributed by atoms with Gasteiger partial charge in [-0.05, 0) is 60.3 Å². The molecule has 26 heavy (non-hydrogen) atoms. The predicted octanol–water partition coefficient (Wildman–Crippen LogP) is 5.14. The fraction of sp³-hybridized carbons (Fsp3) is 0.100. The fourth-order valence-electron chi connectivity index (χ4n) is 2.44. The largest absolute Gasteiger partial charge is 0.346 e. The summed E-state index contributed by atoms with van der Waals surface area (Å²) in [6.07, 6.45) is 0. The van der Waals surface area contributed by atoms with Gasteiger partial charge in [-0.25, -0.2) is 0 Å². The molecule has 6 heteroatoms. The summed E-state index contributed by atoms with van der Waals surface area (Å²) in [4.78, 5) is 25.1. The van der Waals surface area contributed by atoms with Crippen molar-refractivity contribution >= 4 is 40.4 Å². The number of thiophene rings is 1. The maximum Gasteiger partial charge on any atom is 0.265 e. The monoisotopic (exact) mass is 384 g/mol. The lowest BCUT2D eigenvalue weighted by atomic mass is 10.1. The first-order valence-electron chi connectivity index (χ1n) is 8.04. The average molecular weight is 385 g/mol. The number of hydrogen-bond donors (Lipinski definition) is 2. The van der Waals surface area contributed by atoms with E-state index in [0.29, 0.717) is 21.2 Å². The Morgan fingerprint density at radius 3 is 2.42 bits per heavy atom. The molecular weight excluding hydrogens is 368 g/mol. The number of halogens is 1. The molecule has 1 heterocycles. The quantitative estimate of drug-likeness (QED) is 0.639. The third kappa shape index (κ3) is 4.50. The SMILES string of the molecule is CC(NC(=O)c1ccc(NC(=O)c2cccs2)cc1)c1cccc(Cl)c1. The summed E-state index contributed by atoms with van der Waals surface area (Å²) in [5.41, 5.74) is 2.10. The van der Waals surface area contributed by atoms with Crippen LogP contribution in [0, 0.1) is 0 Å². The Hall–Kier alpha value is -2.63. The highest BCUT2D eigenvalue weighted by Crippen LogP contribution is 2.19. The van der Waals surface area contributed by atoms with Gasteiger partial charge in [0.1, 0.15) is 0 Å². The van der Waals surface area contributed by atoms with Crippen molar-refractivity contribution in [2.24, 2.45) is 0 Å². The fourth-order valence-corrected chi connectivity index (χ4v) is 3.26. The molecule has 3 aromatic rings. The molecule has 0 aliphatic heterocycles. The number of hydrogen-bond acceptors (Lipinski definition) is 3. The standard InChI is InChI=1S/C20H17ClN2O2S/c1-13(15-4-2-5-16(21)12-15)22-19(24)14-7-9-17(10-8-14)23-20(25)18-6-3-11-26-18/h2-13H,1H3,(H,22,24)(H,23,25). The van der Waals surface area contributed by atoms with Crippen LogP contribution in [0.4, 0.5) is 5.69 Å². The summed E-state index contributed by atoms with van der Waals surface area (Å²) < 4.78 is 0. The topological polar surface area (TPSA) is 58.2 Å². The molecule has 0 aliphatic rings. The second kappa shape index (κ2) is 8.17. The van der Waals surface area contributed by atoms with Gasteiger partial charge in [-0.2, -0.15) is 0 Å². The van der Waals surface area contributed by atoms with E-state index in [1.807, 2.05) is 36.6 Å². The van der Waals surface area contributed by atoms with Gasteiger partial charge in [-0.3, -0.25) is 9.59 Å². The summed E-state index contributed by atoms with van der Waals surface area (Å²) in [7, 11) is 0. The van der Waals surface area contributed by atoms with Gasteiger partial charge >= 0.3 is 0 Å². The van der Waals surface area contributed by atoms with Crippen LogP contribution in [0.5, 0.6) is 0 Å². The predicted molar refractivity (Wildman–Crippen MR) is 106 cm³/mol. The molecule has 0 spiro atoms. The summed E-state index contributed by atoms with van der Waals surface area (Å²) >= 11 is 7.37. The normalized spacial score (nSPS) is 11.6. The van der Waals surface area contributed by atoms with Crippen LogP contribution in [0.2, 0.25) is 5.02 Å². The molecule has 0 saturated carbocycles. The van der Waals surface area contributed by atoms with Crippen molar-refractivity contribution in [3.05, 3.63) is 87.1 Å². The molecule has 2 N–H and O–H groups in total. The Kier molecular flexibility index (Phi) is 5.71. The van der Waals surface area contributed by atoms with Gasteiger partial charge < -0.3 is 10.6 Å². The van der Waals surface area contributed by atoms with E-state index in [0.717, 1.165) is 5.56 Å². The van der Waals surface area contributed by atoms with Gasteiger partial charge in [0.25, 0.3) is 11.8 Å². The van der Waals surface area contributed by atoms with E-state index in [4.69, 9.17) is 11.6 Å². The molecule has 3 rings (SSSR count). The lowest BCUT2D eigenvalue weighted by Gasteiger charge is -2.15. The molecule has 0 saturated heterocycles. The minimum absolute atomic E-state index is 0.160. The smallest absolute Gasteiger partial charge is 0.265 e. The molecule has 1 unspecified atom stereocenters. The minimum atomic E-state index is -0.186. The molecule has 0 radical (unpaired) electrons. The number of nitrogens with one attached hydrogen (secondary N) is 2. The van der Waals surface area contributed by atoms with Crippen LogP contribution < -0.4 is 10.6 Å². The van der Waals surface area contributed by atoms with E-state index in [2.05, 4.69) is 10.6 Å². The molecule has 0 fully saturated rings. The van der Waals surface area contributed by atoms with Crippen LogP contribution >= 0.6 is 22.9 Å². The summed E-state index contributed by atoms with van der Waals surface area (Å²) in [6, 6.07) is 17.6. The maximum absolute atomic E-state index is 12.4. The Labute approximate surface area is 160 Å². The van der Waals surface area contributed by atoms with E-state index in [1.54, 1.807) is 36.4 Å². The summed E-state index contributed by atoms with van der Waals surface area (Å²) in [5.74, 6) is -0.347. The van der Waals surface area contributed by atoms with Gasteiger partial charge in [0.15, 0.2) is 0 Å². The van der Waals surface area contributed by atoms with Crippen LogP contribution in [-0.4, -0.2) is 11.8 Å². The number of amides is 2. The highest BCUT2D eigenvalue weighted by Gasteiger charge is 2.12. The number of anilines is 1. The van der Waals surface area contributed by atoms with Gasteiger partial charge in [0, 0.05) is 16.3 Å². The number of carbonyl (C=O) groups is 2. The minimum Gasteiger partial charge on any atom is -0.346 e. The number of carbonyl (C=O) groups excluding carboxylic acids is 2. The molecule has 4 nitrogen and oxygen atoms in total. The lowest BCUT2D eigenvalue weighted by Crippen LogP contribution is -2.26. The maximum atomic E-state index is 12.4. The Balaban J connectivity index is 1.62. The Morgan fingerprint density at radius 1 is 1.00 bits per heavy atom. The number of benzene rings is 2. The van der Waals surface area contributed by atoms with Crippen molar-refractivity contribution in [2.75, 3.05) is 5.32 Å². The van der Waals surface area contributed by atoms with Gasteiger partial charge in [-0.1, -0.05) is 29.8 Å². The molecule has 1 atom stereocenters. The zero-order valence-electron chi connectivity index (χ0n) is 14.0. The van der Waals surface area contributed by atoms with Gasteiger partial charge in [-0.15, -0.1) is 11.3 Å². The molecule has 0 bridgehead atoms. The van der Waals surface area contributed by atoms with Crippen molar-refractivity contribution in [3.63, 3.8) is 0 Å². The highest BCUT2D eigenvalue weighted by atomic mass is 35.5. The van der Waals surface area contributed by atoms with Crippen molar-refractivity contribution in [2.45, 2.75) is 13.0 Å². The zero-order chi connectivity index (χ0) is 18.5. The van der Waals surface area contributed by atoms with Crippen LogP contribution in [0.1, 0.15) is 38.6 Å². The molecule has 2 amide bonds. The van der Waals surface area contributed by atoms with Crippen LogP contribution in [0.3, 0.4) is 0 Å².